The summed E-state index contributed by atoms with van der Waals surface area (Å²) in [4.78, 5) is 12.7. The standard InChI is InChI=1S/C29H27F9N2O3/c1-15(2)16-4-7-25(43-3)23(11-16)22-6-5-19(27(30,31)32)10-18(22)13-40(26(41)42)14-24(39)17-8-20(28(33,34)35)12-21(9-17)29(36,37)38/h4-12,15,24H,13-14,39H2,1-3H3,(H,41,42). The van der Waals surface area contributed by atoms with E-state index in [1.165, 1.54) is 7.11 Å². The molecule has 3 aromatic carbocycles. The first-order chi connectivity index (χ1) is 19.7. The monoisotopic (exact) mass is 622 g/mol. The fourth-order valence-electron chi connectivity index (χ4n) is 4.41. The molecule has 234 valence electrons. The number of nitrogens with zero attached hydrogens (tertiary/aromatic N) is 1. The van der Waals surface area contributed by atoms with Gasteiger partial charge in [-0.05, 0) is 70.6 Å². The maximum atomic E-state index is 13.7. The van der Waals surface area contributed by atoms with Crippen molar-refractivity contribution >= 4 is 6.09 Å². The summed E-state index contributed by atoms with van der Waals surface area (Å²) in [7, 11) is 1.34. The fourth-order valence-corrected chi connectivity index (χ4v) is 4.41. The van der Waals surface area contributed by atoms with Gasteiger partial charge in [0.05, 0.1) is 23.8 Å². The highest BCUT2D eigenvalue weighted by atomic mass is 19.4. The molecule has 14 heteroatoms. The van der Waals surface area contributed by atoms with Crippen LogP contribution >= 0.6 is 0 Å². The molecule has 3 rings (SSSR count). The third kappa shape index (κ3) is 8.12. The number of carbonyl (C=O) groups is 1. The summed E-state index contributed by atoms with van der Waals surface area (Å²) in [5.41, 5.74) is 2.02. The average molecular weight is 623 g/mol. The predicted octanol–water partition coefficient (Wildman–Crippen LogP) is 8.72. The van der Waals surface area contributed by atoms with E-state index in [-0.39, 0.29) is 28.9 Å². The quantitative estimate of drug-likeness (QED) is 0.247. The Kier molecular flexibility index (Phi) is 9.64. The highest BCUT2D eigenvalue weighted by Crippen LogP contribution is 2.40. The molecular weight excluding hydrogens is 595 g/mol. The molecule has 1 amide bonds. The van der Waals surface area contributed by atoms with Gasteiger partial charge in [0.1, 0.15) is 5.75 Å². The van der Waals surface area contributed by atoms with Gasteiger partial charge in [0.25, 0.3) is 0 Å². The first-order valence-electron chi connectivity index (χ1n) is 12.6. The minimum atomic E-state index is -5.17. The van der Waals surface area contributed by atoms with Gasteiger partial charge in [-0.3, -0.25) is 0 Å². The molecule has 1 atom stereocenters. The fraction of sp³-hybridized carbons (Fsp3) is 0.345. The van der Waals surface area contributed by atoms with Gasteiger partial charge in [0.2, 0.25) is 0 Å². The summed E-state index contributed by atoms with van der Waals surface area (Å²) in [6.07, 6.45) is -16.9. The molecule has 43 heavy (non-hydrogen) atoms. The van der Waals surface area contributed by atoms with Crippen molar-refractivity contribution in [2.75, 3.05) is 13.7 Å². The van der Waals surface area contributed by atoms with E-state index in [4.69, 9.17) is 10.5 Å². The Hall–Kier alpha value is -3.94. The number of amides is 1. The molecule has 0 aliphatic heterocycles. The van der Waals surface area contributed by atoms with Gasteiger partial charge in [-0.2, -0.15) is 39.5 Å². The van der Waals surface area contributed by atoms with Crippen molar-refractivity contribution in [2.45, 2.75) is 50.9 Å². The largest absolute Gasteiger partial charge is 0.496 e. The molecule has 0 aliphatic carbocycles. The second-order valence-corrected chi connectivity index (χ2v) is 10.1. The first kappa shape index (κ1) is 33.6. The van der Waals surface area contributed by atoms with E-state index >= 15 is 0 Å². The van der Waals surface area contributed by atoms with Gasteiger partial charge < -0.3 is 20.5 Å². The zero-order chi connectivity index (χ0) is 32.5. The lowest BCUT2D eigenvalue weighted by Crippen LogP contribution is -2.36. The van der Waals surface area contributed by atoms with Crippen LogP contribution in [0, 0.1) is 0 Å². The lowest BCUT2D eigenvalue weighted by Gasteiger charge is -2.26. The van der Waals surface area contributed by atoms with Crippen LogP contribution in [0.4, 0.5) is 44.3 Å². The third-order valence-electron chi connectivity index (χ3n) is 6.70. The smallest absolute Gasteiger partial charge is 0.416 e. The van der Waals surface area contributed by atoms with Crippen LogP contribution in [0.25, 0.3) is 11.1 Å². The van der Waals surface area contributed by atoms with Crippen LogP contribution in [-0.2, 0) is 25.1 Å². The highest BCUT2D eigenvalue weighted by Gasteiger charge is 2.38. The lowest BCUT2D eigenvalue weighted by atomic mass is 9.92. The second kappa shape index (κ2) is 12.3. The van der Waals surface area contributed by atoms with E-state index in [0.29, 0.717) is 22.6 Å². The summed E-state index contributed by atoms with van der Waals surface area (Å²) < 4.78 is 126. The number of ether oxygens (including phenoxy) is 1. The Morgan fingerprint density at radius 3 is 1.81 bits per heavy atom. The van der Waals surface area contributed by atoms with E-state index in [0.717, 1.165) is 23.8 Å². The van der Waals surface area contributed by atoms with Crippen LogP contribution in [0.15, 0.2) is 54.6 Å². The topological polar surface area (TPSA) is 75.8 Å². The Labute approximate surface area is 240 Å². The zero-order valence-corrected chi connectivity index (χ0v) is 23.0. The second-order valence-electron chi connectivity index (χ2n) is 10.1. The van der Waals surface area contributed by atoms with E-state index in [1.54, 1.807) is 18.2 Å². The number of methoxy groups -OCH3 is 1. The van der Waals surface area contributed by atoms with E-state index in [1.807, 2.05) is 13.8 Å². The summed E-state index contributed by atoms with van der Waals surface area (Å²) in [6, 6.07) is 6.65. The Balaban J connectivity index is 2.11. The van der Waals surface area contributed by atoms with Gasteiger partial charge in [-0.15, -0.1) is 0 Å². The molecule has 5 nitrogen and oxygen atoms in total. The number of halogens is 9. The van der Waals surface area contributed by atoms with E-state index in [2.05, 4.69) is 0 Å². The van der Waals surface area contributed by atoms with Crippen molar-refractivity contribution < 1.29 is 54.2 Å². The van der Waals surface area contributed by atoms with E-state index in [9.17, 15) is 49.4 Å². The molecule has 0 saturated carbocycles. The van der Waals surface area contributed by atoms with Crippen molar-refractivity contribution in [2.24, 2.45) is 5.73 Å². The van der Waals surface area contributed by atoms with Crippen molar-refractivity contribution in [1.82, 2.24) is 4.90 Å². The first-order valence-corrected chi connectivity index (χ1v) is 12.6. The number of benzene rings is 3. The van der Waals surface area contributed by atoms with Crippen LogP contribution in [0.1, 0.15) is 59.2 Å². The maximum absolute atomic E-state index is 13.7. The number of hydrogen-bond donors (Lipinski definition) is 2. The average Bonchev–Trinajstić information content (AvgIpc) is 2.90. The van der Waals surface area contributed by atoms with Crippen molar-refractivity contribution in [3.05, 3.63) is 88.0 Å². The minimum Gasteiger partial charge on any atom is -0.496 e. The molecule has 0 bridgehead atoms. The lowest BCUT2D eigenvalue weighted by molar-refractivity contribution is -0.143. The number of hydrogen-bond acceptors (Lipinski definition) is 3. The van der Waals surface area contributed by atoms with Crippen LogP contribution < -0.4 is 10.5 Å². The van der Waals surface area contributed by atoms with Gasteiger partial charge in [-0.1, -0.05) is 26.0 Å². The van der Waals surface area contributed by atoms with Crippen LogP contribution in [0.3, 0.4) is 0 Å². The minimum absolute atomic E-state index is 0.00474. The van der Waals surface area contributed by atoms with Gasteiger partial charge in [0, 0.05) is 24.7 Å². The van der Waals surface area contributed by atoms with Crippen molar-refractivity contribution in [3.63, 3.8) is 0 Å². The van der Waals surface area contributed by atoms with Crippen molar-refractivity contribution in [3.8, 4) is 16.9 Å². The Morgan fingerprint density at radius 2 is 1.35 bits per heavy atom. The number of carboxylic acid groups (broad SMARTS) is 1. The molecule has 3 N–H and O–H groups in total. The normalized spacial score (nSPS) is 13.3. The number of alkyl halides is 9. The molecular formula is C29H27F9N2O3. The number of rotatable bonds is 8. The molecule has 3 aromatic rings. The SMILES string of the molecule is COc1ccc(C(C)C)cc1-c1ccc(C(F)(F)F)cc1CN(CC(N)c1cc(C(F)(F)F)cc(C(F)(F)F)c1)C(=O)O. The summed E-state index contributed by atoms with van der Waals surface area (Å²) in [5, 5.41) is 9.87. The summed E-state index contributed by atoms with van der Waals surface area (Å²) in [6.45, 7) is 2.19. The van der Waals surface area contributed by atoms with Crippen LogP contribution in [0.5, 0.6) is 5.75 Å². The van der Waals surface area contributed by atoms with Crippen LogP contribution in [0.2, 0.25) is 0 Å². The molecule has 0 radical (unpaired) electrons. The Morgan fingerprint density at radius 1 is 0.791 bits per heavy atom. The van der Waals surface area contributed by atoms with E-state index < -0.39 is 66.0 Å². The number of nitrogens with two attached hydrogens (primary N) is 1. The van der Waals surface area contributed by atoms with Gasteiger partial charge >= 0.3 is 24.6 Å². The summed E-state index contributed by atoms with van der Waals surface area (Å²) in [5.74, 6) is 0.276. The van der Waals surface area contributed by atoms with Gasteiger partial charge in [0.15, 0.2) is 0 Å². The molecule has 0 aromatic heterocycles. The molecule has 0 spiro atoms. The molecule has 0 fully saturated rings. The maximum Gasteiger partial charge on any atom is 0.416 e. The predicted molar refractivity (Wildman–Crippen MR) is 139 cm³/mol. The zero-order valence-electron chi connectivity index (χ0n) is 23.0. The van der Waals surface area contributed by atoms with Crippen LogP contribution in [-0.4, -0.2) is 29.8 Å². The third-order valence-corrected chi connectivity index (χ3v) is 6.70. The molecule has 1 unspecified atom stereocenters. The molecule has 0 saturated heterocycles. The highest BCUT2D eigenvalue weighted by molar-refractivity contribution is 5.75. The van der Waals surface area contributed by atoms with Gasteiger partial charge in [-0.25, -0.2) is 4.79 Å². The molecule has 0 heterocycles. The summed E-state index contributed by atoms with van der Waals surface area (Å²) >= 11 is 0. The van der Waals surface area contributed by atoms with Crippen molar-refractivity contribution in [1.29, 1.82) is 0 Å². The Bertz CT molecular complexity index is 1430. The molecule has 0 aliphatic rings.